The van der Waals surface area contributed by atoms with Crippen molar-refractivity contribution in [2.24, 2.45) is 0 Å². The smallest absolute Gasteiger partial charge is 0.319 e. The summed E-state index contributed by atoms with van der Waals surface area (Å²) >= 11 is 0. The van der Waals surface area contributed by atoms with Gasteiger partial charge in [-0.3, -0.25) is 14.5 Å². The molecule has 1 fully saturated rings. The number of fused-ring (bicyclic) bond motifs is 2. The largest absolute Gasteiger partial charge is 0.325 e. The van der Waals surface area contributed by atoms with Crippen molar-refractivity contribution in [1.29, 1.82) is 0 Å². The highest BCUT2D eigenvalue weighted by Crippen LogP contribution is 2.39. The van der Waals surface area contributed by atoms with E-state index in [9.17, 15) is 14.4 Å². The summed E-state index contributed by atoms with van der Waals surface area (Å²) in [7, 11) is 0. The quantitative estimate of drug-likeness (QED) is 0.640. The number of urea groups is 1. The number of imide groups is 1. The van der Waals surface area contributed by atoms with Crippen LogP contribution in [-0.4, -0.2) is 29.2 Å². The minimum absolute atomic E-state index is 0.229. The molecule has 2 aromatic rings. The van der Waals surface area contributed by atoms with E-state index in [1.807, 2.05) is 36.4 Å². The van der Waals surface area contributed by atoms with Crippen LogP contribution in [0.1, 0.15) is 53.2 Å². The first-order valence-corrected chi connectivity index (χ1v) is 9.90. The fourth-order valence-electron chi connectivity index (χ4n) is 4.34. The van der Waals surface area contributed by atoms with Gasteiger partial charge in [-0.2, -0.15) is 0 Å². The molecule has 5 heteroatoms. The number of aryl methyl sites for hydroxylation is 2. The van der Waals surface area contributed by atoms with E-state index in [0.29, 0.717) is 12.0 Å². The molecule has 1 N–H and O–H groups in total. The van der Waals surface area contributed by atoms with Gasteiger partial charge in [0.1, 0.15) is 5.54 Å². The van der Waals surface area contributed by atoms with Crippen LogP contribution >= 0.6 is 0 Å². The van der Waals surface area contributed by atoms with Crippen molar-refractivity contribution in [2.75, 3.05) is 6.54 Å². The van der Waals surface area contributed by atoms with Crippen LogP contribution in [0.4, 0.5) is 4.79 Å². The molecule has 1 atom stereocenters. The molecule has 144 valence electrons. The van der Waals surface area contributed by atoms with E-state index in [4.69, 9.17) is 0 Å². The SMILES string of the molecule is CCCc1ccc(C(=O)CN2C(=O)N[C@@]3(CCCc4ccccc43)C2=O)cc1. The predicted molar refractivity (Wildman–Crippen MR) is 106 cm³/mol. The lowest BCUT2D eigenvalue weighted by Gasteiger charge is -2.33. The Balaban J connectivity index is 1.56. The van der Waals surface area contributed by atoms with Gasteiger partial charge in [-0.1, -0.05) is 61.9 Å². The van der Waals surface area contributed by atoms with Crippen LogP contribution in [0, 0.1) is 0 Å². The van der Waals surface area contributed by atoms with Crippen molar-refractivity contribution in [1.82, 2.24) is 10.2 Å². The van der Waals surface area contributed by atoms with Crippen LogP contribution in [-0.2, 0) is 23.2 Å². The molecule has 1 aliphatic carbocycles. The molecule has 5 nitrogen and oxygen atoms in total. The summed E-state index contributed by atoms with van der Waals surface area (Å²) in [4.78, 5) is 39.6. The Bertz CT molecular complexity index is 935. The van der Waals surface area contributed by atoms with Crippen molar-refractivity contribution < 1.29 is 14.4 Å². The number of ketones is 1. The third-order valence-electron chi connectivity index (χ3n) is 5.77. The summed E-state index contributed by atoms with van der Waals surface area (Å²) in [6.45, 7) is 1.87. The zero-order valence-electron chi connectivity index (χ0n) is 16.0. The highest BCUT2D eigenvalue weighted by molar-refractivity contribution is 6.11. The molecular weight excluding hydrogens is 352 g/mol. The highest BCUT2D eigenvalue weighted by atomic mass is 16.2. The molecule has 0 aromatic heterocycles. The van der Waals surface area contributed by atoms with Gasteiger partial charge in [0.05, 0.1) is 6.54 Å². The number of rotatable bonds is 5. The lowest BCUT2D eigenvalue weighted by atomic mass is 9.76. The number of carbonyl (C=O) groups is 3. The van der Waals surface area contributed by atoms with Gasteiger partial charge in [0, 0.05) is 5.56 Å². The average Bonchev–Trinajstić information content (AvgIpc) is 2.94. The van der Waals surface area contributed by atoms with E-state index >= 15 is 0 Å². The van der Waals surface area contributed by atoms with Crippen molar-refractivity contribution >= 4 is 17.7 Å². The molecule has 1 spiro atoms. The second kappa shape index (κ2) is 7.23. The fraction of sp³-hybridized carbons (Fsp3) is 0.348. The van der Waals surface area contributed by atoms with E-state index < -0.39 is 11.6 Å². The molecule has 3 amide bonds. The van der Waals surface area contributed by atoms with E-state index in [1.54, 1.807) is 12.1 Å². The lowest BCUT2D eigenvalue weighted by Crippen LogP contribution is -2.46. The maximum Gasteiger partial charge on any atom is 0.325 e. The van der Waals surface area contributed by atoms with Crippen LogP contribution in [0.5, 0.6) is 0 Å². The number of hydrogen-bond donors (Lipinski definition) is 1. The average molecular weight is 376 g/mol. The first-order chi connectivity index (χ1) is 13.5. The van der Waals surface area contributed by atoms with E-state index in [0.717, 1.165) is 41.7 Å². The van der Waals surface area contributed by atoms with E-state index in [1.165, 1.54) is 5.56 Å². The Morgan fingerprint density at radius 3 is 2.61 bits per heavy atom. The minimum Gasteiger partial charge on any atom is -0.319 e. The van der Waals surface area contributed by atoms with E-state index in [-0.39, 0.29) is 18.2 Å². The van der Waals surface area contributed by atoms with Crippen LogP contribution in [0.15, 0.2) is 48.5 Å². The van der Waals surface area contributed by atoms with Gasteiger partial charge in [-0.05, 0) is 42.4 Å². The van der Waals surface area contributed by atoms with Gasteiger partial charge >= 0.3 is 6.03 Å². The maximum absolute atomic E-state index is 13.3. The molecule has 4 rings (SSSR count). The zero-order chi connectivity index (χ0) is 19.7. The number of carbonyl (C=O) groups excluding carboxylic acids is 3. The van der Waals surface area contributed by atoms with Crippen molar-refractivity contribution in [3.63, 3.8) is 0 Å². The molecule has 0 unspecified atom stereocenters. The number of amides is 3. The second-order valence-electron chi connectivity index (χ2n) is 7.61. The summed E-state index contributed by atoms with van der Waals surface area (Å²) in [6.07, 6.45) is 4.28. The molecule has 0 saturated carbocycles. The number of nitrogens with one attached hydrogen (secondary N) is 1. The van der Waals surface area contributed by atoms with Crippen molar-refractivity contribution in [3.05, 3.63) is 70.8 Å². The monoisotopic (exact) mass is 376 g/mol. The topological polar surface area (TPSA) is 66.5 Å². The van der Waals surface area contributed by atoms with Crippen molar-refractivity contribution in [3.8, 4) is 0 Å². The molecule has 28 heavy (non-hydrogen) atoms. The summed E-state index contributed by atoms with van der Waals surface area (Å²) in [6, 6.07) is 14.7. The highest BCUT2D eigenvalue weighted by Gasteiger charge is 2.54. The number of benzene rings is 2. The zero-order valence-corrected chi connectivity index (χ0v) is 16.0. The Kier molecular flexibility index (Phi) is 4.75. The van der Waals surface area contributed by atoms with Crippen LogP contribution in [0.25, 0.3) is 0 Å². The summed E-state index contributed by atoms with van der Waals surface area (Å²) < 4.78 is 0. The molecule has 1 heterocycles. The number of Topliss-reactive ketones (excluding diaryl/α,β-unsaturated/α-hetero) is 1. The summed E-state index contributed by atoms with van der Waals surface area (Å²) in [5.74, 6) is -0.548. The van der Waals surface area contributed by atoms with Gasteiger partial charge in [-0.15, -0.1) is 0 Å². The second-order valence-corrected chi connectivity index (χ2v) is 7.61. The predicted octanol–water partition coefficient (Wildman–Crippen LogP) is 3.61. The maximum atomic E-state index is 13.3. The molecule has 1 saturated heterocycles. The molecular formula is C23H24N2O3. The van der Waals surface area contributed by atoms with Gasteiger partial charge in [0.25, 0.3) is 5.91 Å². The Hall–Kier alpha value is -2.95. The molecule has 2 aliphatic rings. The van der Waals surface area contributed by atoms with Crippen LogP contribution in [0.3, 0.4) is 0 Å². The van der Waals surface area contributed by atoms with Gasteiger partial charge in [0.2, 0.25) is 0 Å². The van der Waals surface area contributed by atoms with Gasteiger partial charge in [-0.25, -0.2) is 4.79 Å². The van der Waals surface area contributed by atoms with Crippen LogP contribution < -0.4 is 5.32 Å². The first kappa shape index (κ1) is 18.4. The third kappa shape index (κ3) is 3.01. The Morgan fingerprint density at radius 2 is 1.86 bits per heavy atom. The normalized spacial score (nSPS) is 21.0. The van der Waals surface area contributed by atoms with Crippen LogP contribution in [0.2, 0.25) is 0 Å². The molecule has 0 radical (unpaired) electrons. The van der Waals surface area contributed by atoms with Gasteiger partial charge in [0.15, 0.2) is 5.78 Å². The molecule has 1 aliphatic heterocycles. The lowest BCUT2D eigenvalue weighted by molar-refractivity contribution is -0.131. The summed E-state index contributed by atoms with van der Waals surface area (Å²) in [5.41, 5.74) is 2.61. The Labute approximate surface area is 164 Å². The van der Waals surface area contributed by atoms with Gasteiger partial charge < -0.3 is 5.32 Å². The molecule has 0 bridgehead atoms. The summed E-state index contributed by atoms with van der Waals surface area (Å²) in [5, 5.41) is 2.89. The van der Waals surface area contributed by atoms with E-state index in [2.05, 4.69) is 12.2 Å². The Morgan fingerprint density at radius 1 is 1.11 bits per heavy atom. The minimum atomic E-state index is -1.03. The van der Waals surface area contributed by atoms with Crippen molar-refractivity contribution in [2.45, 2.75) is 44.6 Å². The molecule has 2 aromatic carbocycles. The number of hydrogen-bond acceptors (Lipinski definition) is 3. The number of nitrogens with zero attached hydrogens (tertiary/aromatic N) is 1. The first-order valence-electron chi connectivity index (χ1n) is 9.90. The fourth-order valence-corrected chi connectivity index (χ4v) is 4.34. The standard InChI is InChI=1S/C23H24N2O3/c1-2-6-16-10-12-18(13-11-16)20(26)15-25-21(27)23(24-22(25)28)14-5-8-17-7-3-4-9-19(17)23/h3-4,7,9-13H,2,5-6,8,14-15H2,1H3,(H,24,28)/t23-/m1/s1. The third-order valence-corrected chi connectivity index (χ3v) is 5.77.